The predicted molar refractivity (Wildman–Crippen MR) is 105 cm³/mol. The van der Waals surface area contributed by atoms with E-state index in [1.165, 1.54) is 0 Å². The SMILES string of the molecule is CCNC(=NCc1nc(C(F)(F)F)cs1)NC1CCN(c2ncccc2Cl)C1. The molecule has 1 unspecified atom stereocenters. The zero-order chi connectivity index (χ0) is 20.1. The van der Waals surface area contributed by atoms with Crippen LogP contribution in [0.15, 0.2) is 28.7 Å². The minimum Gasteiger partial charge on any atom is -0.357 e. The Morgan fingerprint density at radius 2 is 2.29 bits per heavy atom. The van der Waals surface area contributed by atoms with E-state index in [9.17, 15) is 13.2 Å². The van der Waals surface area contributed by atoms with Crippen LogP contribution >= 0.6 is 22.9 Å². The molecule has 1 saturated heterocycles. The number of pyridine rings is 1. The third kappa shape index (κ3) is 5.26. The first kappa shape index (κ1) is 20.7. The highest BCUT2D eigenvalue weighted by molar-refractivity contribution is 7.09. The standard InChI is InChI=1S/C17H20ClF3N6S/c1-2-22-16(24-8-14-26-13(10-28-14)17(19,20)21)25-11-5-7-27(9-11)15-12(18)4-3-6-23-15/h3-4,6,10-11H,2,5,7-9H2,1H3,(H2,22,24,25). The number of aliphatic imine (C=N–C) groups is 1. The Bertz CT molecular complexity index is 825. The summed E-state index contributed by atoms with van der Waals surface area (Å²) in [4.78, 5) is 14.4. The zero-order valence-corrected chi connectivity index (χ0v) is 16.7. The maximum Gasteiger partial charge on any atom is 0.434 e. The van der Waals surface area contributed by atoms with Gasteiger partial charge < -0.3 is 15.5 Å². The topological polar surface area (TPSA) is 65.4 Å². The summed E-state index contributed by atoms with van der Waals surface area (Å²) in [5, 5.41) is 8.37. The third-order valence-electron chi connectivity index (χ3n) is 4.13. The number of rotatable bonds is 5. The quantitative estimate of drug-likeness (QED) is 0.559. The van der Waals surface area contributed by atoms with Gasteiger partial charge in [0.2, 0.25) is 0 Å². The third-order valence-corrected chi connectivity index (χ3v) is 5.26. The summed E-state index contributed by atoms with van der Waals surface area (Å²) in [6.07, 6.45) is -1.86. The van der Waals surface area contributed by atoms with Crippen LogP contribution in [0.3, 0.4) is 0 Å². The molecule has 11 heteroatoms. The molecule has 2 N–H and O–H groups in total. The van der Waals surface area contributed by atoms with Crippen LogP contribution in [-0.4, -0.2) is 41.6 Å². The molecule has 0 amide bonds. The van der Waals surface area contributed by atoms with Gasteiger partial charge in [-0.05, 0) is 25.5 Å². The van der Waals surface area contributed by atoms with Crippen molar-refractivity contribution in [3.05, 3.63) is 39.4 Å². The number of alkyl halides is 3. The molecule has 1 atom stereocenters. The molecule has 2 aromatic rings. The van der Waals surface area contributed by atoms with Crippen LogP contribution in [0.1, 0.15) is 24.0 Å². The molecule has 0 bridgehead atoms. The molecule has 0 radical (unpaired) electrons. The highest BCUT2D eigenvalue weighted by Crippen LogP contribution is 2.30. The van der Waals surface area contributed by atoms with Crippen LogP contribution in [0.5, 0.6) is 0 Å². The Morgan fingerprint density at radius 3 is 2.96 bits per heavy atom. The predicted octanol–water partition coefficient (Wildman–Crippen LogP) is 3.54. The highest BCUT2D eigenvalue weighted by atomic mass is 35.5. The van der Waals surface area contributed by atoms with Crippen molar-refractivity contribution in [3.63, 3.8) is 0 Å². The van der Waals surface area contributed by atoms with Gasteiger partial charge in [0, 0.05) is 37.3 Å². The second kappa shape index (κ2) is 8.95. The van der Waals surface area contributed by atoms with Crippen molar-refractivity contribution in [2.24, 2.45) is 4.99 Å². The van der Waals surface area contributed by atoms with E-state index in [4.69, 9.17) is 11.6 Å². The summed E-state index contributed by atoms with van der Waals surface area (Å²) in [6, 6.07) is 3.72. The van der Waals surface area contributed by atoms with Gasteiger partial charge in [-0.15, -0.1) is 11.3 Å². The van der Waals surface area contributed by atoms with Crippen molar-refractivity contribution in [2.75, 3.05) is 24.5 Å². The average Bonchev–Trinajstić information content (AvgIpc) is 3.29. The Balaban J connectivity index is 1.61. The van der Waals surface area contributed by atoms with E-state index in [-0.39, 0.29) is 12.6 Å². The summed E-state index contributed by atoms with van der Waals surface area (Å²) in [7, 11) is 0. The average molecular weight is 433 g/mol. The number of halogens is 4. The van der Waals surface area contributed by atoms with E-state index in [0.29, 0.717) is 29.1 Å². The van der Waals surface area contributed by atoms with E-state index in [2.05, 4.69) is 30.5 Å². The van der Waals surface area contributed by atoms with Gasteiger partial charge in [0.05, 0.1) is 11.6 Å². The molecule has 1 aliphatic heterocycles. The van der Waals surface area contributed by atoms with Crippen LogP contribution in [0.25, 0.3) is 0 Å². The second-order valence-corrected chi connectivity index (χ2v) is 7.55. The molecule has 2 aromatic heterocycles. The van der Waals surface area contributed by atoms with Crippen molar-refractivity contribution < 1.29 is 13.2 Å². The van der Waals surface area contributed by atoms with Crippen molar-refractivity contribution >= 4 is 34.7 Å². The van der Waals surface area contributed by atoms with Gasteiger partial charge in [-0.1, -0.05) is 11.6 Å². The molecular formula is C17H20ClF3N6S. The summed E-state index contributed by atoms with van der Waals surface area (Å²) in [5.74, 6) is 1.29. The lowest BCUT2D eigenvalue weighted by atomic mass is 10.3. The molecule has 0 spiro atoms. The molecule has 6 nitrogen and oxygen atoms in total. The molecule has 0 aromatic carbocycles. The molecule has 3 rings (SSSR count). The number of thiazole rings is 1. The van der Waals surface area contributed by atoms with Crippen LogP contribution in [0, 0.1) is 0 Å². The Labute approximate surface area is 169 Å². The van der Waals surface area contributed by atoms with Gasteiger partial charge in [0.1, 0.15) is 10.8 Å². The lowest BCUT2D eigenvalue weighted by molar-refractivity contribution is -0.140. The lowest BCUT2D eigenvalue weighted by Crippen LogP contribution is -2.44. The number of nitrogens with zero attached hydrogens (tertiary/aromatic N) is 4. The molecule has 0 aliphatic carbocycles. The molecular weight excluding hydrogens is 413 g/mol. The largest absolute Gasteiger partial charge is 0.434 e. The van der Waals surface area contributed by atoms with Crippen LogP contribution in [-0.2, 0) is 12.7 Å². The number of hydrogen-bond donors (Lipinski definition) is 2. The van der Waals surface area contributed by atoms with Gasteiger partial charge in [0.15, 0.2) is 11.7 Å². The number of anilines is 1. The number of nitrogens with one attached hydrogen (secondary N) is 2. The first-order chi connectivity index (χ1) is 13.4. The maximum atomic E-state index is 12.7. The zero-order valence-electron chi connectivity index (χ0n) is 15.1. The Morgan fingerprint density at radius 1 is 1.46 bits per heavy atom. The van der Waals surface area contributed by atoms with E-state index < -0.39 is 11.9 Å². The summed E-state index contributed by atoms with van der Waals surface area (Å²) >= 11 is 7.17. The van der Waals surface area contributed by atoms with Gasteiger partial charge >= 0.3 is 6.18 Å². The fourth-order valence-corrected chi connectivity index (χ4v) is 3.82. The van der Waals surface area contributed by atoms with Gasteiger partial charge in [0.25, 0.3) is 0 Å². The van der Waals surface area contributed by atoms with Crippen molar-refractivity contribution in [1.82, 2.24) is 20.6 Å². The minimum absolute atomic E-state index is 0.0819. The highest BCUT2D eigenvalue weighted by Gasteiger charge is 2.33. The van der Waals surface area contributed by atoms with Crippen molar-refractivity contribution in [1.29, 1.82) is 0 Å². The normalized spacial score (nSPS) is 17.8. The molecule has 28 heavy (non-hydrogen) atoms. The molecule has 3 heterocycles. The summed E-state index contributed by atoms with van der Waals surface area (Å²) in [5.41, 5.74) is -0.876. The second-order valence-electron chi connectivity index (χ2n) is 6.20. The molecule has 1 aliphatic rings. The van der Waals surface area contributed by atoms with Gasteiger partial charge in [-0.2, -0.15) is 13.2 Å². The monoisotopic (exact) mass is 432 g/mol. The Kier molecular flexibility index (Phi) is 6.61. The van der Waals surface area contributed by atoms with Crippen molar-refractivity contribution in [2.45, 2.75) is 32.1 Å². The van der Waals surface area contributed by atoms with Crippen molar-refractivity contribution in [3.8, 4) is 0 Å². The maximum absolute atomic E-state index is 12.7. The summed E-state index contributed by atoms with van der Waals surface area (Å²) < 4.78 is 38.0. The van der Waals surface area contributed by atoms with Crippen LogP contribution in [0.4, 0.5) is 19.0 Å². The fraction of sp³-hybridized carbons (Fsp3) is 0.471. The number of hydrogen-bond acceptors (Lipinski definition) is 5. The molecule has 0 saturated carbocycles. The van der Waals surface area contributed by atoms with Crippen LogP contribution in [0.2, 0.25) is 5.02 Å². The van der Waals surface area contributed by atoms with E-state index in [0.717, 1.165) is 35.5 Å². The van der Waals surface area contributed by atoms with E-state index >= 15 is 0 Å². The fourth-order valence-electron chi connectivity index (χ4n) is 2.85. The minimum atomic E-state index is -4.43. The first-order valence-electron chi connectivity index (χ1n) is 8.78. The summed E-state index contributed by atoms with van der Waals surface area (Å²) in [6.45, 7) is 4.15. The van der Waals surface area contributed by atoms with Gasteiger partial charge in [-0.3, -0.25) is 0 Å². The molecule has 1 fully saturated rings. The Hall–Kier alpha value is -2.07. The first-order valence-corrected chi connectivity index (χ1v) is 10.0. The molecule has 152 valence electrons. The van der Waals surface area contributed by atoms with Crippen LogP contribution < -0.4 is 15.5 Å². The smallest absolute Gasteiger partial charge is 0.357 e. The van der Waals surface area contributed by atoms with Gasteiger partial charge in [-0.25, -0.2) is 15.0 Å². The number of guanidine groups is 1. The number of aromatic nitrogens is 2. The van der Waals surface area contributed by atoms with E-state index in [1.807, 2.05) is 6.92 Å². The lowest BCUT2D eigenvalue weighted by Gasteiger charge is -2.20. The van der Waals surface area contributed by atoms with E-state index in [1.54, 1.807) is 18.3 Å².